The van der Waals surface area contributed by atoms with Gasteiger partial charge >= 0.3 is 6.18 Å². The van der Waals surface area contributed by atoms with Crippen molar-refractivity contribution >= 4 is 10.0 Å². The third-order valence-electron chi connectivity index (χ3n) is 4.81. The Labute approximate surface area is 153 Å². The van der Waals surface area contributed by atoms with Crippen molar-refractivity contribution in [1.29, 1.82) is 0 Å². The summed E-state index contributed by atoms with van der Waals surface area (Å²) in [7, 11) is -4.00. The molecule has 1 aromatic carbocycles. The molecule has 0 radical (unpaired) electrons. The molecule has 5 nitrogen and oxygen atoms in total. The summed E-state index contributed by atoms with van der Waals surface area (Å²) in [6, 6.07) is 4.47. The molecule has 26 heavy (non-hydrogen) atoms. The van der Waals surface area contributed by atoms with E-state index >= 15 is 0 Å². The molecule has 0 aliphatic carbocycles. The molecule has 2 unspecified atom stereocenters. The zero-order chi connectivity index (χ0) is 19.4. The van der Waals surface area contributed by atoms with E-state index in [-0.39, 0.29) is 18.0 Å². The smallest absolute Gasteiger partial charge is 0.314 e. The molecule has 0 amide bonds. The lowest BCUT2D eigenvalue weighted by atomic mass is 9.99. The van der Waals surface area contributed by atoms with Gasteiger partial charge in [-0.3, -0.25) is 4.90 Å². The molecule has 1 aliphatic heterocycles. The topological polar surface area (TPSA) is 61.4 Å². The quantitative estimate of drug-likeness (QED) is 0.746. The van der Waals surface area contributed by atoms with Crippen LogP contribution in [0, 0.1) is 0 Å². The van der Waals surface area contributed by atoms with Crippen LogP contribution in [0.15, 0.2) is 29.2 Å². The van der Waals surface area contributed by atoms with Crippen LogP contribution in [0.5, 0.6) is 0 Å². The number of piperazine rings is 1. The highest BCUT2D eigenvalue weighted by Crippen LogP contribution is 2.25. The van der Waals surface area contributed by atoms with Gasteiger partial charge < -0.3 is 5.32 Å². The van der Waals surface area contributed by atoms with Crippen molar-refractivity contribution in [3.8, 4) is 0 Å². The fourth-order valence-corrected chi connectivity index (χ4v) is 3.97. The number of nitrogens with one attached hydrogen (secondary N) is 2. The Kier molecular flexibility index (Phi) is 7.06. The number of nitrogens with zero attached hydrogens (tertiary/aromatic N) is 1. The first-order valence-corrected chi connectivity index (χ1v) is 10.2. The van der Waals surface area contributed by atoms with Gasteiger partial charge in [0.15, 0.2) is 0 Å². The van der Waals surface area contributed by atoms with Crippen molar-refractivity contribution < 1.29 is 21.6 Å². The Morgan fingerprint density at radius 1 is 1.19 bits per heavy atom. The summed E-state index contributed by atoms with van der Waals surface area (Å²) in [4.78, 5) is 1.25. The molecule has 148 valence electrons. The highest BCUT2D eigenvalue weighted by atomic mass is 32.2. The van der Waals surface area contributed by atoms with Gasteiger partial charge in [0.2, 0.25) is 10.0 Å². The fraction of sp³-hybridized carbons (Fsp3) is 0.647. The summed E-state index contributed by atoms with van der Waals surface area (Å²) in [5, 5.41) is 2.99. The van der Waals surface area contributed by atoms with Crippen molar-refractivity contribution in [3.63, 3.8) is 0 Å². The van der Waals surface area contributed by atoms with Gasteiger partial charge in [-0.05, 0) is 30.0 Å². The molecule has 0 saturated carbocycles. The van der Waals surface area contributed by atoms with E-state index < -0.39 is 28.8 Å². The molecule has 0 spiro atoms. The Morgan fingerprint density at radius 3 is 2.27 bits per heavy atom. The van der Waals surface area contributed by atoms with Crippen molar-refractivity contribution in [2.24, 2.45) is 0 Å². The van der Waals surface area contributed by atoms with E-state index in [0.717, 1.165) is 12.0 Å². The second-order valence-corrected chi connectivity index (χ2v) is 8.34. The first kappa shape index (κ1) is 21.1. The van der Waals surface area contributed by atoms with Gasteiger partial charge in [-0.1, -0.05) is 26.0 Å². The first-order valence-electron chi connectivity index (χ1n) is 8.76. The zero-order valence-electron chi connectivity index (χ0n) is 15.0. The SMILES string of the molecule is CCC(C)c1ccc(S(=O)(=O)NCC(N2CCNCC2)C(F)(F)F)cc1. The van der Waals surface area contributed by atoms with E-state index in [1.165, 1.54) is 17.0 Å². The maximum atomic E-state index is 13.4. The van der Waals surface area contributed by atoms with E-state index in [0.29, 0.717) is 19.0 Å². The van der Waals surface area contributed by atoms with E-state index in [1.807, 2.05) is 13.8 Å². The molecule has 1 heterocycles. The standard InChI is InChI=1S/C17H26F3N3O2S/c1-3-13(2)14-4-6-15(7-5-14)26(24,25)22-12-16(17(18,19)20)23-10-8-21-9-11-23/h4-7,13,16,21-22H,3,8-12H2,1-2H3. The number of benzene rings is 1. The molecule has 9 heteroatoms. The highest BCUT2D eigenvalue weighted by Gasteiger charge is 2.44. The number of halogens is 3. The largest absolute Gasteiger partial charge is 0.405 e. The normalized spacial score (nSPS) is 19.3. The molecule has 2 atom stereocenters. The second kappa shape index (κ2) is 8.69. The third kappa shape index (κ3) is 5.42. The molecule has 1 aliphatic rings. The molecular formula is C17H26F3N3O2S. The van der Waals surface area contributed by atoms with Crippen molar-refractivity contribution in [1.82, 2.24) is 14.9 Å². The monoisotopic (exact) mass is 393 g/mol. The van der Waals surface area contributed by atoms with Gasteiger partial charge in [-0.25, -0.2) is 13.1 Å². The van der Waals surface area contributed by atoms with E-state index in [9.17, 15) is 21.6 Å². The molecule has 1 fully saturated rings. The average Bonchev–Trinajstić information content (AvgIpc) is 2.61. The summed E-state index contributed by atoms with van der Waals surface area (Å²) in [5.74, 6) is 0.294. The Balaban J connectivity index is 2.09. The van der Waals surface area contributed by atoms with E-state index in [2.05, 4.69) is 10.0 Å². The minimum atomic E-state index is -4.50. The van der Waals surface area contributed by atoms with Crippen LogP contribution in [0.2, 0.25) is 0 Å². The number of rotatable bonds is 7. The Bertz CT molecular complexity index is 671. The predicted molar refractivity (Wildman–Crippen MR) is 94.6 cm³/mol. The van der Waals surface area contributed by atoms with Crippen LogP contribution in [-0.4, -0.2) is 58.3 Å². The summed E-state index contributed by atoms with van der Waals surface area (Å²) in [5.41, 5.74) is 1.00. The van der Waals surface area contributed by atoms with Crippen LogP contribution in [0.3, 0.4) is 0 Å². The Morgan fingerprint density at radius 2 is 1.77 bits per heavy atom. The van der Waals surface area contributed by atoms with Gasteiger partial charge in [0.1, 0.15) is 6.04 Å². The second-order valence-electron chi connectivity index (χ2n) is 6.57. The average molecular weight is 393 g/mol. The number of hydrogen-bond donors (Lipinski definition) is 2. The third-order valence-corrected chi connectivity index (χ3v) is 6.25. The van der Waals surface area contributed by atoms with Crippen LogP contribution in [0.1, 0.15) is 31.7 Å². The lowest BCUT2D eigenvalue weighted by Gasteiger charge is -2.35. The van der Waals surface area contributed by atoms with Crippen LogP contribution in [-0.2, 0) is 10.0 Å². The van der Waals surface area contributed by atoms with Gasteiger partial charge in [0.05, 0.1) is 4.90 Å². The molecule has 0 aromatic heterocycles. The lowest BCUT2D eigenvalue weighted by Crippen LogP contribution is -2.57. The first-order chi connectivity index (χ1) is 12.1. The van der Waals surface area contributed by atoms with Gasteiger partial charge in [-0.2, -0.15) is 13.2 Å². The fourth-order valence-electron chi connectivity index (χ4n) is 2.93. The lowest BCUT2D eigenvalue weighted by molar-refractivity contribution is -0.182. The minimum absolute atomic E-state index is 0.0224. The number of alkyl halides is 3. The molecule has 2 rings (SSSR count). The zero-order valence-corrected chi connectivity index (χ0v) is 15.8. The molecule has 2 N–H and O–H groups in total. The number of hydrogen-bond acceptors (Lipinski definition) is 4. The predicted octanol–water partition coefficient (Wildman–Crippen LogP) is 2.31. The minimum Gasteiger partial charge on any atom is -0.314 e. The summed E-state index contributed by atoms with van der Waals surface area (Å²) in [6.45, 7) is 4.74. The molecular weight excluding hydrogens is 367 g/mol. The highest BCUT2D eigenvalue weighted by molar-refractivity contribution is 7.89. The maximum Gasteiger partial charge on any atom is 0.405 e. The van der Waals surface area contributed by atoms with Crippen LogP contribution >= 0.6 is 0 Å². The molecule has 0 bridgehead atoms. The molecule has 1 aromatic rings. The van der Waals surface area contributed by atoms with Crippen LogP contribution in [0.4, 0.5) is 13.2 Å². The van der Waals surface area contributed by atoms with Crippen molar-refractivity contribution in [2.75, 3.05) is 32.7 Å². The van der Waals surface area contributed by atoms with Gasteiger partial charge in [-0.15, -0.1) is 0 Å². The van der Waals surface area contributed by atoms with E-state index in [4.69, 9.17) is 0 Å². The van der Waals surface area contributed by atoms with E-state index in [1.54, 1.807) is 12.1 Å². The van der Waals surface area contributed by atoms with Gasteiger partial charge in [0, 0.05) is 32.7 Å². The van der Waals surface area contributed by atoms with Gasteiger partial charge in [0.25, 0.3) is 0 Å². The summed E-state index contributed by atoms with van der Waals surface area (Å²) < 4.78 is 67.0. The summed E-state index contributed by atoms with van der Waals surface area (Å²) >= 11 is 0. The van der Waals surface area contributed by atoms with Crippen LogP contribution < -0.4 is 10.0 Å². The Hall–Kier alpha value is -1.16. The van der Waals surface area contributed by atoms with Crippen molar-refractivity contribution in [2.45, 2.75) is 43.3 Å². The van der Waals surface area contributed by atoms with Crippen LogP contribution in [0.25, 0.3) is 0 Å². The number of sulfonamides is 1. The molecule has 1 saturated heterocycles. The maximum absolute atomic E-state index is 13.4. The summed E-state index contributed by atoms with van der Waals surface area (Å²) in [6.07, 6.45) is -3.58. The van der Waals surface area contributed by atoms with Crippen molar-refractivity contribution in [3.05, 3.63) is 29.8 Å².